The van der Waals surface area contributed by atoms with E-state index < -0.39 is 25.0 Å². The SMILES string of the molecule is COc1ccc(N(C)C(CCNC(=O)c2c3ccccc3c3cc(CN(C)C(=O)CN4CCN(CC(=O)O)CCN(CC(=O)O)CCN(CC(=O)O)CC4)ccc3[n+]2C)c2ccccc2B(O)O)cc1.[Eu+3]. The van der Waals surface area contributed by atoms with Crippen molar-refractivity contribution >= 4 is 69.7 Å². The Morgan fingerprint density at radius 1 is 0.690 bits per heavy atom. The van der Waals surface area contributed by atoms with Crippen LogP contribution >= 0.6 is 0 Å². The molecule has 376 valence electrons. The summed E-state index contributed by atoms with van der Waals surface area (Å²) in [6, 6.07) is 27.9. The van der Waals surface area contributed by atoms with Gasteiger partial charge in [0, 0.05) is 96.7 Å². The van der Waals surface area contributed by atoms with Crippen LogP contribution in [0.4, 0.5) is 5.69 Å². The van der Waals surface area contributed by atoms with Crippen LogP contribution in [0.15, 0.2) is 91.0 Å². The molecule has 21 heteroatoms. The van der Waals surface area contributed by atoms with E-state index in [1.54, 1.807) is 45.9 Å². The van der Waals surface area contributed by atoms with Crippen molar-refractivity contribution in [2.75, 3.05) is 111 Å². The van der Waals surface area contributed by atoms with Crippen LogP contribution in [0.2, 0.25) is 0 Å². The van der Waals surface area contributed by atoms with E-state index in [0.29, 0.717) is 55.1 Å². The molecule has 0 saturated carbocycles. The molecule has 0 radical (unpaired) electrons. The Morgan fingerprint density at radius 3 is 1.72 bits per heavy atom. The number of aliphatic carboxylic acids is 3. The molecule has 1 unspecified atom stereocenters. The Labute approximate surface area is 454 Å². The molecule has 1 aliphatic heterocycles. The molecule has 5 aromatic rings. The second-order valence-electron chi connectivity index (χ2n) is 17.7. The van der Waals surface area contributed by atoms with Gasteiger partial charge >= 0.3 is 80.3 Å². The molecule has 71 heavy (non-hydrogen) atoms. The number of carboxylic acid groups (broad SMARTS) is 3. The summed E-state index contributed by atoms with van der Waals surface area (Å²) in [5.74, 6) is -2.85. The number of anilines is 1. The molecular weight excluding hydrogens is 1050 g/mol. The van der Waals surface area contributed by atoms with Gasteiger partial charge in [0.15, 0.2) is 0 Å². The number of likely N-dealkylation sites (N-methyl/N-ethyl adjacent to an activating group) is 1. The second kappa shape index (κ2) is 27.1. The van der Waals surface area contributed by atoms with Gasteiger partial charge in [-0.2, -0.15) is 4.57 Å². The van der Waals surface area contributed by atoms with Crippen molar-refractivity contribution in [3.8, 4) is 5.75 Å². The Bertz CT molecular complexity index is 2610. The summed E-state index contributed by atoms with van der Waals surface area (Å²) in [5.41, 5.74) is 4.07. The van der Waals surface area contributed by atoms with Crippen LogP contribution in [0, 0.1) is 49.4 Å². The molecule has 2 heterocycles. The maximum atomic E-state index is 14.3. The van der Waals surface area contributed by atoms with Crippen LogP contribution in [-0.2, 0) is 32.8 Å². The van der Waals surface area contributed by atoms with Crippen LogP contribution in [0.25, 0.3) is 21.7 Å². The van der Waals surface area contributed by atoms with Crippen LogP contribution in [-0.4, -0.2) is 193 Å². The van der Waals surface area contributed by atoms with Gasteiger partial charge in [-0.25, -0.2) is 0 Å². The first-order chi connectivity index (χ1) is 33.5. The molecule has 1 fully saturated rings. The van der Waals surface area contributed by atoms with E-state index in [0.717, 1.165) is 32.9 Å². The maximum absolute atomic E-state index is 14.3. The number of nitrogens with one attached hydrogen (secondary N) is 1. The number of carbonyl (C=O) groups is 5. The number of amides is 2. The average Bonchev–Trinajstić information content (AvgIpc) is 3.33. The van der Waals surface area contributed by atoms with Crippen molar-refractivity contribution in [3.05, 3.63) is 108 Å². The Morgan fingerprint density at radius 2 is 1.20 bits per heavy atom. The number of aryl methyl sites for hydroxylation is 1. The van der Waals surface area contributed by atoms with E-state index >= 15 is 0 Å². The van der Waals surface area contributed by atoms with Crippen molar-refractivity contribution in [1.82, 2.24) is 29.8 Å². The molecule has 0 spiro atoms. The number of pyridine rings is 1. The number of nitrogens with zero attached hydrogens (tertiary/aromatic N) is 7. The summed E-state index contributed by atoms with van der Waals surface area (Å²) in [5, 5.41) is 54.9. The number of rotatable bonds is 19. The third kappa shape index (κ3) is 15.7. The van der Waals surface area contributed by atoms with E-state index in [-0.39, 0.29) is 133 Å². The number of hydrogen-bond acceptors (Lipinski definition) is 13. The van der Waals surface area contributed by atoms with E-state index in [2.05, 4.69) is 5.32 Å². The second-order valence-corrected chi connectivity index (χ2v) is 17.7. The van der Waals surface area contributed by atoms with Crippen molar-refractivity contribution in [1.29, 1.82) is 0 Å². The molecule has 1 aliphatic rings. The van der Waals surface area contributed by atoms with Gasteiger partial charge in [-0.3, -0.25) is 43.6 Å². The minimum atomic E-state index is -1.69. The summed E-state index contributed by atoms with van der Waals surface area (Å²) in [7, 11) is 5.39. The molecule has 6 rings (SSSR count). The first-order valence-electron chi connectivity index (χ1n) is 23.2. The number of hydrogen-bond donors (Lipinski definition) is 6. The van der Waals surface area contributed by atoms with E-state index in [1.807, 2.05) is 107 Å². The molecule has 0 bridgehead atoms. The predicted molar refractivity (Wildman–Crippen MR) is 265 cm³/mol. The fraction of sp³-hybridized carbons (Fsp3) is 0.400. The van der Waals surface area contributed by atoms with Crippen molar-refractivity contribution in [2.45, 2.75) is 19.0 Å². The molecule has 0 aliphatic carbocycles. The monoisotopic (exact) mass is 1120 g/mol. The standard InChI is InChI=1S/C50H63BN8O11.Eu/c1-53(45(60)31-56-21-23-57(32-46(61)62)25-27-59(34-48(65)66)28-26-58(24-22-56)33-47(63)64)30-35-13-18-43-41(29-35)38-9-5-6-10-39(38)49(55(43)3)50(67)52-20-19-44(40-11-7-8-12-42(40)51(68)69)54(2)36-14-16-37(70-4)17-15-36;/h5-18,29,44,68-69H,19-28,30-34H2,1-4H3,(H3-,52,61,62,63,64,65,66,67);/q;+3/p+1. The zero-order valence-corrected chi connectivity index (χ0v) is 43.0. The third-order valence-electron chi connectivity index (χ3n) is 12.9. The summed E-state index contributed by atoms with van der Waals surface area (Å²) >= 11 is 0. The minimum absolute atomic E-state index is 0. The quantitative estimate of drug-likeness (QED) is 0.0384. The summed E-state index contributed by atoms with van der Waals surface area (Å²) in [6.07, 6.45) is 0.433. The van der Waals surface area contributed by atoms with E-state index in [1.165, 1.54) is 0 Å². The van der Waals surface area contributed by atoms with Gasteiger partial charge < -0.3 is 45.2 Å². The summed E-state index contributed by atoms with van der Waals surface area (Å²) < 4.78 is 7.22. The van der Waals surface area contributed by atoms with Gasteiger partial charge in [-0.05, 0) is 59.4 Å². The van der Waals surface area contributed by atoms with Crippen LogP contribution in [0.3, 0.4) is 0 Å². The first-order valence-corrected chi connectivity index (χ1v) is 23.2. The Kier molecular flexibility index (Phi) is 21.7. The molecule has 6 N–H and O–H groups in total. The summed E-state index contributed by atoms with van der Waals surface area (Å²) in [4.78, 5) is 74.0. The fourth-order valence-corrected chi connectivity index (χ4v) is 9.16. The summed E-state index contributed by atoms with van der Waals surface area (Å²) in [6.45, 7) is 2.09. The minimum Gasteiger partial charge on any atom is -0.497 e. The molecule has 1 atom stereocenters. The number of carbonyl (C=O) groups excluding carboxylic acids is 2. The van der Waals surface area contributed by atoms with E-state index in [9.17, 15) is 49.3 Å². The molecule has 19 nitrogen and oxygen atoms in total. The Balaban J connectivity index is 0.00000937. The van der Waals surface area contributed by atoms with Gasteiger partial charge in [0.1, 0.15) is 12.8 Å². The van der Waals surface area contributed by atoms with Crippen molar-refractivity contribution in [3.63, 3.8) is 0 Å². The topological polar surface area (TPSA) is 231 Å². The zero-order valence-electron chi connectivity index (χ0n) is 40.6. The van der Waals surface area contributed by atoms with Gasteiger partial charge in [0.2, 0.25) is 11.4 Å². The number of fused-ring (bicyclic) bond motifs is 3. The van der Waals surface area contributed by atoms with Gasteiger partial charge in [-0.15, -0.1) is 0 Å². The first kappa shape index (κ1) is 56.8. The number of carboxylic acids is 3. The number of ether oxygens (including phenoxy) is 1. The van der Waals surface area contributed by atoms with Crippen molar-refractivity contribution in [2.24, 2.45) is 7.05 Å². The normalized spacial score (nSPS) is 14.9. The Hall–Kier alpha value is -5.09. The number of methoxy groups -OCH3 is 1. The van der Waals surface area contributed by atoms with Gasteiger partial charge in [-0.1, -0.05) is 48.5 Å². The molecule has 1 saturated heterocycles. The molecule has 1 aromatic heterocycles. The average molecular weight is 1120 g/mol. The van der Waals surface area contributed by atoms with Gasteiger partial charge in [0.05, 0.1) is 50.1 Å². The van der Waals surface area contributed by atoms with Crippen LogP contribution in [0.1, 0.15) is 34.1 Å². The van der Waals surface area contributed by atoms with Gasteiger partial charge in [0.25, 0.3) is 5.69 Å². The zero-order chi connectivity index (χ0) is 50.5. The fourth-order valence-electron chi connectivity index (χ4n) is 9.16. The largest absolute Gasteiger partial charge is 3.00 e. The maximum Gasteiger partial charge on any atom is 3.00 e. The predicted octanol–water partition coefficient (Wildman–Crippen LogP) is 0.937. The smallest absolute Gasteiger partial charge is 0.497 e. The van der Waals surface area contributed by atoms with Crippen molar-refractivity contribution < 1.29 is 108 Å². The van der Waals surface area contributed by atoms with Crippen LogP contribution < -0.4 is 25.0 Å². The van der Waals surface area contributed by atoms with E-state index in [4.69, 9.17) is 4.74 Å². The molecular formula is C50H64BEuN8O11+4. The molecule has 4 aromatic carbocycles. The molecule has 2 amide bonds. The number of benzene rings is 4. The number of aromatic nitrogens is 1. The third-order valence-corrected chi connectivity index (χ3v) is 12.9. The van der Waals surface area contributed by atoms with Crippen LogP contribution in [0.5, 0.6) is 5.75 Å².